The van der Waals surface area contributed by atoms with Gasteiger partial charge in [0.25, 0.3) is 0 Å². The first-order valence-electron chi connectivity index (χ1n) is 7.29. The van der Waals surface area contributed by atoms with Crippen LogP contribution >= 0.6 is 24.0 Å². The topological polar surface area (TPSA) is 59.6 Å². The van der Waals surface area contributed by atoms with E-state index in [0.717, 1.165) is 31.0 Å². The molecule has 3 N–H and O–H groups in total. The third-order valence-corrected chi connectivity index (χ3v) is 3.47. The molecule has 0 spiro atoms. The standard InChI is InChI=1S/C15H21F2N3O.HI/c16-11-6-7-13(17)14(10-11)20-15(18)19-8-9-21-12-4-2-1-3-5-12;/h6-7,10,12H,1-5,8-9H2,(H3,18,19,20);1H. The fraction of sp³-hybridized carbons (Fsp3) is 0.533. The molecule has 0 atom stereocenters. The smallest absolute Gasteiger partial charge is 0.193 e. The maximum absolute atomic E-state index is 13.4. The first kappa shape index (κ1) is 19.1. The number of halogens is 3. The molecule has 0 saturated heterocycles. The molecular weight excluding hydrogens is 403 g/mol. The van der Waals surface area contributed by atoms with Gasteiger partial charge in [-0.2, -0.15) is 0 Å². The van der Waals surface area contributed by atoms with Crippen LogP contribution in [0.2, 0.25) is 0 Å². The van der Waals surface area contributed by atoms with Crippen LogP contribution in [0, 0.1) is 11.6 Å². The Balaban J connectivity index is 0.00000242. The van der Waals surface area contributed by atoms with Crippen LogP contribution in [0.1, 0.15) is 32.1 Å². The lowest BCUT2D eigenvalue weighted by Gasteiger charge is -2.21. The Morgan fingerprint density at radius 2 is 2.00 bits per heavy atom. The van der Waals surface area contributed by atoms with Crippen LogP contribution in [-0.2, 0) is 4.74 Å². The van der Waals surface area contributed by atoms with Gasteiger partial charge >= 0.3 is 0 Å². The molecule has 1 fully saturated rings. The number of nitrogens with one attached hydrogen (secondary N) is 1. The van der Waals surface area contributed by atoms with Crippen molar-refractivity contribution < 1.29 is 13.5 Å². The molecule has 2 rings (SSSR count). The van der Waals surface area contributed by atoms with Crippen molar-refractivity contribution >= 4 is 35.6 Å². The summed E-state index contributed by atoms with van der Waals surface area (Å²) in [7, 11) is 0. The summed E-state index contributed by atoms with van der Waals surface area (Å²) in [6, 6.07) is 3.12. The highest BCUT2D eigenvalue weighted by atomic mass is 127. The van der Waals surface area contributed by atoms with E-state index >= 15 is 0 Å². The molecule has 22 heavy (non-hydrogen) atoms. The van der Waals surface area contributed by atoms with Gasteiger partial charge in [-0.3, -0.25) is 4.99 Å². The lowest BCUT2D eigenvalue weighted by Crippen LogP contribution is -2.24. The minimum absolute atomic E-state index is 0. The molecule has 1 aliphatic carbocycles. The highest BCUT2D eigenvalue weighted by Crippen LogP contribution is 2.20. The van der Waals surface area contributed by atoms with Gasteiger partial charge in [-0.25, -0.2) is 8.78 Å². The Labute approximate surface area is 146 Å². The molecular formula is C15H22F2IN3O. The summed E-state index contributed by atoms with van der Waals surface area (Å²) < 4.78 is 32.1. The maximum Gasteiger partial charge on any atom is 0.193 e. The zero-order valence-corrected chi connectivity index (χ0v) is 14.7. The van der Waals surface area contributed by atoms with Crippen LogP contribution in [-0.4, -0.2) is 25.2 Å². The first-order valence-corrected chi connectivity index (χ1v) is 7.29. The van der Waals surface area contributed by atoms with Crippen molar-refractivity contribution in [3.8, 4) is 0 Å². The van der Waals surface area contributed by atoms with Crippen LogP contribution in [0.4, 0.5) is 14.5 Å². The third kappa shape index (κ3) is 6.43. The minimum Gasteiger partial charge on any atom is -0.376 e. The third-order valence-electron chi connectivity index (χ3n) is 3.47. The number of guanidine groups is 1. The van der Waals surface area contributed by atoms with Gasteiger partial charge in [0, 0.05) is 6.07 Å². The molecule has 0 aromatic heterocycles. The van der Waals surface area contributed by atoms with Crippen molar-refractivity contribution in [3.05, 3.63) is 29.8 Å². The second kappa shape index (κ2) is 9.94. The highest BCUT2D eigenvalue weighted by Gasteiger charge is 2.13. The Bertz CT molecular complexity index is 494. The first-order chi connectivity index (χ1) is 10.1. The SMILES string of the molecule is I.NC(=NCCOC1CCCCC1)Nc1cc(F)ccc1F. The van der Waals surface area contributed by atoms with Gasteiger partial charge in [0.2, 0.25) is 0 Å². The van der Waals surface area contributed by atoms with Crippen molar-refractivity contribution in [1.29, 1.82) is 0 Å². The van der Waals surface area contributed by atoms with Gasteiger partial charge in [-0.1, -0.05) is 19.3 Å². The summed E-state index contributed by atoms with van der Waals surface area (Å²) >= 11 is 0. The van der Waals surface area contributed by atoms with Crippen LogP contribution in [0.25, 0.3) is 0 Å². The molecule has 4 nitrogen and oxygen atoms in total. The van der Waals surface area contributed by atoms with Crippen LogP contribution in [0.3, 0.4) is 0 Å². The summed E-state index contributed by atoms with van der Waals surface area (Å²) in [6.45, 7) is 0.880. The predicted octanol–water partition coefficient (Wildman–Crippen LogP) is 3.66. The lowest BCUT2D eigenvalue weighted by molar-refractivity contribution is 0.0335. The van der Waals surface area contributed by atoms with E-state index in [-0.39, 0.29) is 35.6 Å². The number of nitrogens with zero attached hydrogens (tertiary/aromatic N) is 1. The number of nitrogens with two attached hydrogens (primary N) is 1. The van der Waals surface area contributed by atoms with Gasteiger partial charge in [-0.15, -0.1) is 24.0 Å². The average molecular weight is 425 g/mol. The Kier molecular flexibility index (Phi) is 8.62. The van der Waals surface area contributed by atoms with Crippen LogP contribution < -0.4 is 11.1 Å². The van der Waals surface area contributed by atoms with Crippen molar-refractivity contribution in [2.24, 2.45) is 10.7 Å². The predicted molar refractivity (Wildman–Crippen MR) is 94.7 cm³/mol. The molecule has 1 aromatic rings. The van der Waals surface area contributed by atoms with E-state index < -0.39 is 11.6 Å². The molecule has 124 valence electrons. The van der Waals surface area contributed by atoms with Gasteiger partial charge in [-0.05, 0) is 25.0 Å². The quantitative estimate of drug-likeness (QED) is 0.328. The van der Waals surface area contributed by atoms with Crippen LogP contribution in [0.5, 0.6) is 0 Å². The minimum atomic E-state index is -0.576. The van der Waals surface area contributed by atoms with Crippen molar-refractivity contribution in [3.63, 3.8) is 0 Å². The van der Waals surface area contributed by atoms with Crippen molar-refractivity contribution in [1.82, 2.24) is 0 Å². The molecule has 1 saturated carbocycles. The van der Waals surface area contributed by atoms with Gasteiger partial charge < -0.3 is 15.8 Å². The summed E-state index contributed by atoms with van der Waals surface area (Å²) in [4.78, 5) is 4.04. The van der Waals surface area contributed by atoms with E-state index in [1.165, 1.54) is 19.3 Å². The summed E-state index contributed by atoms with van der Waals surface area (Å²) in [6.07, 6.45) is 6.25. The van der Waals surface area contributed by atoms with Gasteiger partial charge in [0.15, 0.2) is 5.96 Å². The summed E-state index contributed by atoms with van der Waals surface area (Å²) in [5, 5.41) is 2.55. The fourth-order valence-electron chi connectivity index (χ4n) is 2.39. The zero-order chi connectivity index (χ0) is 15.1. The number of benzene rings is 1. The summed E-state index contributed by atoms with van der Waals surface area (Å²) in [5.41, 5.74) is 5.61. The van der Waals surface area contributed by atoms with Gasteiger partial charge in [0.1, 0.15) is 11.6 Å². The normalized spacial score (nSPS) is 16.2. The Morgan fingerprint density at radius 1 is 1.27 bits per heavy atom. The molecule has 0 amide bonds. The van der Waals surface area contributed by atoms with Crippen molar-refractivity contribution in [2.45, 2.75) is 38.2 Å². The van der Waals surface area contributed by atoms with E-state index in [1.807, 2.05) is 0 Å². The molecule has 0 bridgehead atoms. The summed E-state index contributed by atoms with van der Waals surface area (Å²) in [5.74, 6) is -1.06. The molecule has 7 heteroatoms. The van der Waals surface area contributed by atoms with Gasteiger partial charge in [0.05, 0.1) is 24.9 Å². The number of hydrogen-bond donors (Lipinski definition) is 2. The average Bonchev–Trinajstić information content (AvgIpc) is 2.48. The van der Waals surface area contributed by atoms with E-state index in [0.29, 0.717) is 19.3 Å². The largest absolute Gasteiger partial charge is 0.376 e. The second-order valence-corrected chi connectivity index (χ2v) is 5.15. The number of ether oxygens (including phenoxy) is 1. The number of rotatable bonds is 5. The highest BCUT2D eigenvalue weighted by molar-refractivity contribution is 14.0. The molecule has 1 aromatic carbocycles. The maximum atomic E-state index is 13.4. The van der Waals surface area contributed by atoms with Crippen LogP contribution in [0.15, 0.2) is 23.2 Å². The molecule has 1 aliphatic rings. The second-order valence-electron chi connectivity index (χ2n) is 5.15. The fourth-order valence-corrected chi connectivity index (χ4v) is 2.39. The Hall–Kier alpha value is -0.960. The lowest BCUT2D eigenvalue weighted by atomic mass is 9.98. The molecule has 0 aliphatic heterocycles. The zero-order valence-electron chi connectivity index (χ0n) is 12.4. The van der Waals surface area contributed by atoms with E-state index in [1.54, 1.807) is 0 Å². The van der Waals surface area contributed by atoms with E-state index in [2.05, 4.69) is 10.3 Å². The Morgan fingerprint density at radius 3 is 2.73 bits per heavy atom. The number of hydrogen-bond acceptors (Lipinski definition) is 2. The molecule has 0 unspecified atom stereocenters. The molecule has 0 radical (unpaired) electrons. The van der Waals surface area contributed by atoms with E-state index in [4.69, 9.17) is 10.5 Å². The molecule has 0 heterocycles. The monoisotopic (exact) mass is 425 g/mol. The van der Waals surface area contributed by atoms with E-state index in [9.17, 15) is 8.78 Å². The number of anilines is 1. The number of aliphatic imine (C=N–C) groups is 1. The van der Waals surface area contributed by atoms with Crippen molar-refractivity contribution in [2.75, 3.05) is 18.5 Å².